The predicted molar refractivity (Wildman–Crippen MR) is 480 cm³/mol. The Balaban J connectivity index is 0.000000335. The molecule has 32 heteroatoms. The van der Waals surface area contributed by atoms with Gasteiger partial charge in [-0.3, -0.25) is 9.59 Å². The van der Waals surface area contributed by atoms with Gasteiger partial charge < -0.3 is 47.6 Å². The van der Waals surface area contributed by atoms with E-state index < -0.39 is 7.12 Å². The number of aromatic hydroxyl groups is 1. The minimum Gasteiger partial charge on any atom is -0.506 e. The number of ether oxygens (including phenoxy) is 7. The molecule has 1 aliphatic rings. The molecule has 0 spiro atoms. The van der Waals surface area contributed by atoms with Gasteiger partial charge >= 0.3 is 19.1 Å². The van der Waals surface area contributed by atoms with Crippen LogP contribution in [0.3, 0.4) is 0 Å². The molecule has 1 fully saturated rings. The second-order valence-electron chi connectivity index (χ2n) is 25.4. The summed E-state index contributed by atoms with van der Waals surface area (Å²) in [6.07, 6.45) is 1.34. The summed E-state index contributed by atoms with van der Waals surface area (Å²) in [4.78, 5) is 35.1. The van der Waals surface area contributed by atoms with Crippen molar-refractivity contribution in [3.63, 3.8) is 0 Å². The number of esters is 2. The van der Waals surface area contributed by atoms with Gasteiger partial charge in [-0.15, -0.1) is 58.4 Å². The topological polar surface area (TPSA) is 176 Å². The second kappa shape index (κ2) is 50.9. The van der Waals surface area contributed by atoms with E-state index >= 15 is 0 Å². The van der Waals surface area contributed by atoms with Crippen molar-refractivity contribution in [3.05, 3.63) is 169 Å². The Labute approximate surface area is 734 Å². The molecule has 6 aromatic carbocycles. The highest BCUT2D eigenvalue weighted by atomic mass is 79.9. The summed E-state index contributed by atoms with van der Waals surface area (Å²) in [5, 5.41) is 22.4. The number of methoxy groups -OCH3 is 2. The Kier molecular flexibility index (Phi) is 46.6. The minimum atomic E-state index is -0.398. The number of rotatable bonds is 20. The van der Waals surface area contributed by atoms with Crippen LogP contribution in [0, 0.1) is 0 Å². The van der Waals surface area contributed by atoms with Crippen molar-refractivity contribution >= 4 is 229 Å². The molecule has 1 saturated heterocycles. The van der Waals surface area contributed by atoms with Gasteiger partial charge in [-0.1, -0.05) is 137 Å². The van der Waals surface area contributed by atoms with Crippen LogP contribution < -0.4 is 29.1 Å². The van der Waals surface area contributed by atoms with E-state index in [0.29, 0.717) is 82.3 Å². The van der Waals surface area contributed by atoms with Crippen molar-refractivity contribution in [1.29, 1.82) is 0 Å². The number of alkyl halides is 1. The monoisotopic (exact) mass is 1980 g/mol. The van der Waals surface area contributed by atoms with Gasteiger partial charge in [0.2, 0.25) is 0 Å². The van der Waals surface area contributed by atoms with Crippen LogP contribution in [0.1, 0.15) is 124 Å². The van der Waals surface area contributed by atoms with E-state index in [0.717, 1.165) is 66.5 Å². The van der Waals surface area contributed by atoms with Crippen LogP contribution in [0.25, 0.3) is 31.7 Å². The zero-order chi connectivity index (χ0) is 82.0. The first-order valence-electron chi connectivity index (χ1n) is 33.8. The number of benzene rings is 6. The lowest BCUT2D eigenvalue weighted by atomic mass is 9.79. The molecule has 1 aliphatic heterocycles. The number of carbonyl (C=O) groups is 2. The molecule has 0 bridgehead atoms. The van der Waals surface area contributed by atoms with Crippen molar-refractivity contribution in [2.75, 3.05) is 25.7 Å². The maximum absolute atomic E-state index is 11.1. The number of carbonyl (C=O) groups excluding carboxylic acids is 2. The number of thiol groups is 2. The van der Waals surface area contributed by atoms with Crippen LogP contribution in [-0.4, -0.2) is 111 Å². The number of nitrogens with zero attached hydrogens (tertiary/aromatic N) is 3. The summed E-state index contributed by atoms with van der Waals surface area (Å²) in [5.74, 6) is 4.42. The van der Waals surface area contributed by atoms with Crippen LogP contribution >= 0.6 is 204 Å². The van der Waals surface area contributed by atoms with Gasteiger partial charge in [0.1, 0.15) is 64.2 Å². The lowest BCUT2D eigenvalue weighted by Crippen LogP contribution is -2.41. The van der Waals surface area contributed by atoms with Gasteiger partial charge in [-0.25, -0.2) is 15.0 Å². The molecule has 15 nitrogen and oxygen atoms in total. The molecular weight excluding hydrogens is 1890 g/mol. The van der Waals surface area contributed by atoms with Crippen LogP contribution in [0.2, 0.25) is 30.1 Å². The molecule has 109 heavy (non-hydrogen) atoms. The Morgan fingerprint density at radius 3 is 1.18 bits per heavy atom. The molecule has 3 aromatic heterocycles. The van der Waals surface area contributed by atoms with Gasteiger partial charge in [-0.2, -0.15) is 12.6 Å². The fourth-order valence-electron chi connectivity index (χ4n) is 8.03. The van der Waals surface area contributed by atoms with E-state index in [1.54, 1.807) is 46.1 Å². The molecule has 1 N–H and O–H groups in total. The molecule has 4 heterocycles. The normalized spacial score (nSPS) is 12.2. The average molecular weight is 1990 g/mol. The highest BCUT2D eigenvalue weighted by Crippen LogP contribution is 2.40. The van der Waals surface area contributed by atoms with Gasteiger partial charge in [0, 0.05) is 58.1 Å². The largest absolute Gasteiger partial charge is 0.506 e. The molecule has 9 aromatic rings. The second-order valence-corrected chi connectivity index (χ2v) is 36.9. The van der Waals surface area contributed by atoms with E-state index in [-0.39, 0.29) is 59.4 Å². The van der Waals surface area contributed by atoms with Crippen molar-refractivity contribution in [3.8, 4) is 66.2 Å². The van der Waals surface area contributed by atoms with Crippen LogP contribution in [0.5, 0.6) is 34.5 Å². The summed E-state index contributed by atoms with van der Waals surface area (Å²) >= 11 is 63.6. The standard InChI is InChI=1S/C16H18ClNO3S2.C15H22BClO3.C12H11BrClNOS.C12H12ClNOS2.C9H10BrClO.C6H4BrClO.C4H8O2S.C3H7Br/c1-10(2)21-13-5-4-11(8-12(13)17)16-18-14(9-23-16)22-7-6-15(19)20-3;1-10(2)18-13-8-7-11(9-12(13)17)16-19-14(3,4)15(5,6)20-16;1-7(2)16-10-4-3-8(5-9(10)14)12-15-11(13)6-17-12;1-7(2)15-10-4-3-8(5-9(10)13)12-14-11(16)6-17-12;1-6(2)12-9-4-3-7(10)5-8(9)11;7-4-1-2-6(9)5(8)3-4;1-6-4(5)2-3-7;1-3(2)4/h4-5,8-10H,6-7H2,1-3H3;7-10H,1-6H3;3-7H,1-2H3;3-7,16H,1-2H3;3-6H,1-2H3;1-3,9H;7H,2-3H2,1H3;3H,1-2H3. The summed E-state index contributed by atoms with van der Waals surface area (Å²) in [6.45, 7) is 32.0. The van der Waals surface area contributed by atoms with E-state index in [1.807, 2.05) is 204 Å². The zero-order valence-corrected chi connectivity index (χ0v) is 79.5. The summed E-state index contributed by atoms with van der Waals surface area (Å²) < 4.78 is 51.5. The Morgan fingerprint density at radius 1 is 0.505 bits per heavy atom. The average Bonchev–Trinajstić information content (AvgIpc) is 1.62. The molecule has 0 amide bonds. The third kappa shape index (κ3) is 38.3. The first-order valence-corrected chi connectivity index (χ1v) is 44.0. The number of phenols is 1. The fraction of sp³-hybridized carbons (Fsp3) is 0.390. The van der Waals surface area contributed by atoms with E-state index in [9.17, 15) is 9.59 Å². The fourth-order valence-corrected chi connectivity index (χ4v) is 14.6. The number of thioether (sulfide) groups is 1. The number of hydrogen-bond acceptors (Lipinski definition) is 21. The molecule has 596 valence electrons. The molecular formula is C77H92BBr4Cl6N3O12S6. The van der Waals surface area contributed by atoms with Crippen LogP contribution in [-0.2, 0) is 28.4 Å². The molecule has 0 unspecified atom stereocenters. The third-order valence-electron chi connectivity index (χ3n) is 13.4. The van der Waals surface area contributed by atoms with E-state index in [4.69, 9.17) is 108 Å². The number of thiazole rings is 3. The van der Waals surface area contributed by atoms with Crippen molar-refractivity contribution < 1.29 is 57.2 Å². The first-order chi connectivity index (χ1) is 51.1. The Bertz CT molecular complexity index is 4140. The SMILES string of the molecule is CC(C)Br.CC(C)Oc1ccc(-c2nc(Br)cs2)cc1Cl.CC(C)Oc1ccc(-c2nc(S)cs2)cc1Cl.CC(C)Oc1ccc(B2OC(C)(C)C(C)(C)O2)cc1Cl.CC(C)Oc1ccc(Br)cc1Cl.COC(=O)CCS.COC(=O)CCSc1csc(-c2ccc(OC(C)C)c(Cl)c2)n1.Oc1ccc(Br)cc1Cl. The molecule has 0 saturated carbocycles. The quantitative estimate of drug-likeness (QED) is 0.0216. The summed E-state index contributed by atoms with van der Waals surface area (Å²) in [6, 6.07) is 33.2. The Morgan fingerprint density at radius 2 is 0.853 bits per heavy atom. The number of aromatic nitrogens is 3. The lowest BCUT2D eigenvalue weighted by Gasteiger charge is -2.32. The van der Waals surface area contributed by atoms with Gasteiger partial charge in [0.05, 0.1) is 98.9 Å². The highest BCUT2D eigenvalue weighted by molar-refractivity contribution is 9.11. The van der Waals surface area contributed by atoms with E-state index in [2.05, 4.69) is 127 Å². The van der Waals surface area contributed by atoms with Crippen LogP contribution in [0.15, 0.2) is 149 Å². The van der Waals surface area contributed by atoms with Gasteiger partial charge in [-0.05, 0) is 221 Å². The smallest absolute Gasteiger partial charge is 0.494 e. The Hall–Kier alpha value is -3.36. The highest BCUT2D eigenvalue weighted by Gasteiger charge is 2.51. The van der Waals surface area contributed by atoms with E-state index in [1.165, 1.54) is 32.0 Å². The van der Waals surface area contributed by atoms with Crippen molar-refractivity contribution in [1.82, 2.24) is 15.0 Å². The van der Waals surface area contributed by atoms with Crippen LogP contribution in [0.4, 0.5) is 0 Å². The van der Waals surface area contributed by atoms with Crippen molar-refractivity contribution in [2.24, 2.45) is 0 Å². The third-order valence-corrected chi connectivity index (χ3v) is 21.3. The maximum atomic E-state index is 11.1. The maximum Gasteiger partial charge on any atom is 0.494 e. The summed E-state index contributed by atoms with van der Waals surface area (Å²) in [5.41, 5.74) is 3.15. The molecule has 0 aliphatic carbocycles. The number of phenolic OH excluding ortho intramolecular Hbond substituents is 1. The minimum absolute atomic E-state index is 0.0797. The predicted octanol–water partition coefficient (Wildman–Crippen LogP) is 26.9. The summed E-state index contributed by atoms with van der Waals surface area (Å²) in [7, 11) is 2.36. The van der Waals surface area contributed by atoms with Crippen molar-refractivity contribution in [2.45, 2.75) is 180 Å². The number of hydrogen-bond donors (Lipinski definition) is 3. The zero-order valence-electron chi connectivity index (χ0n) is 63.6. The van der Waals surface area contributed by atoms with Gasteiger partial charge in [0.25, 0.3) is 0 Å². The molecule has 0 radical (unpaired) electrons. The first kappa shape index (κ1) is 99.8. The molecule has 0 atom stereocenters. The number of halogens is 10. The van der Waals surface area contributed by atoms with Gasteiger partial charge in [0.15, 0.2) is 0 Å². The lowest BCUT2D eigenvalue weighted by molar-refractivity contribution is -0.140. The molecule has 10 rings (SSSR count).